The van der Waals surface area contributed by atoms with Gasteiger partial charge in [-0.25, -0.2) is 0 Å². The van der Waals surface area contributed by atoms with Crippen LogP contribution < -0.4 is 10.5 Å². The molecule has 0 amide bonds. The summed E-state index contributed by atoms with van der Waals surface area (Å²) in [6.45, 7) is 3.27. The minimum Gasteiger partial charge on any atom is -0.496 e. The third kappa shape index (κ3) is 3.13. The lowest BCUT2D eigenvalue weighted by molar-refractivity contribution is 0.272. The molecule has 0 aliphatic carbocycles. The molecule has 0 bridgehead atoms. The van der Waals surface area contributed by atoms with E-state index >= 15 is 0 Å². The number of methoxy groups -OCH3 is 1. The fourth-order valence-corrected chi connectivity index (χ4v) is 2.46. The Balaban J connectivity index is 2.11. The highest BCUT2D eigenvalue weighted by molar-refractivity contribution is 5.54. The molecule has 0 radical (unpaired) electrons. The lowest BCUT2D eigenvalue weighted by atomic mass is 10.1. The van der Waals surface area contributed by atoms with Gasteiger partial charge in [-0.3, -0.25) is 4.90 Å². The molecule has 2 rings (SSSR count). The molecule has 1 saturated heterocycles. The zero-order valence-corrected chi connectivity index (χ0v) is 10.6. The fourth-order valence-electron chi connectivity index (χ4n) is 2.46. The number of nitrogen functional groups attached to an aromatic ring is 1. The smallest absolute Gasteiger partial charge is 0.125 e. The molecule has 17 heavy (non-hydrogen) atoms. The van der Waals surface area contributed by atoms with Crippen molar-refractivity contribution in [2.45, 2.75) is 32.2 Å². The van der Waals surface area contributed by atoms with Crippen LogP contribution in [-0.2, 0) is 6.54 Å². The number of likely N-dealkylation sites (tertiary alicyclic amines) is 1. The van der Waals surface area contributed by atoms with Gasteiger partial charge in [-0.2, -0.15) is 0 Å². The first-order chi connectivity index (χ1) is 8.31. The van der Waals surface area contributed by atoms with Crippen LogP contribution in [0.2, 0.25) is 0 Å². The maximum absolute atomic E-state index is 6.05. The van der Waals surface area contributed by atoms with Gasteiger partial charge in [-0.05, 0) is 38.1 Å². The Morgan fingerprint density at radius 3 is 2.53 bits per heavy atom. The minimum atomic E-state index is 0.841. The summed E-state index contributed by atoms with van der Waals surface area (Å²) >= 11 is 0. The van der Waals surface area contributed by atoms with Crippen LogP contribution in [0.1, 0.15) is 31.2 Å². The summed E-state index contributed by atoms with van der Waals surface area (Å²) in [6.07, 6.45) is 5.32. The molecule has 0 spiro atoms. The Labute approximate surface area is 104 Å². The Morgan fingerprint density at radius 2 is 1.88 bits per heavy atom. The molecule has 0 unspecified atom stereocenters. The van der Waals surface area contributed by atoms with Crippen LogP contribution in [0.3, 0.4) is 0 Å². The number of anilines is 1. The number of benzene rings is 1. The van der Waals surface area contributed by atoms with Crippen LogP contribution in [0.15, 0.2) is 18.2 Å². The van der Waals surface area contributed by atoms with Crippen molar-refractivity contribution in [2.24, 2.45) is 0 Å². The zero-order chi connectivity index (χ0) is 12.1. The highest BCUT2D eigenvalue weighted by atomic mass is 16.5. The van der Waals surface area contributed by atoms with E-state index in [2.05, 4.69) is 4.90 Å². The van der Waals surface area contributed by atoms with Crippen molar-refractivity contribution in [2.75, 3.05) is 25.9 Å². The molecule has 3 heteroatoms. The lowest BCUT2D eigenvalue weighted by Gasteiger charge is -2.22. The van der Waals surface area contributed by atoms with Crippen LogP contribution in [0, 0.1) is 0 Å². The van der Waals surface area contributed by atoms with Gasteiger partial charge in [-0.1, -0.05) is 18.9 Å². The first-order valence-corrected chi connectivity index (χ1v) is 6.45. The molecule has 94 valence electrons. The lowest BCUT2D eigenvalue weighted by Crippen LogP contribution is -2.24. The second-order valence-corrected chi connectivity index (χ2v) is 4.72. The number of rotatable bonds is 3. The van der Waals surface area contributed by atoms with E-state index in [4.69, 9.17) is 10.5 Å². The molecular formula is C14H22N2O. The minimum absolute atomic E-state index is 0.841. The monoisotopic (exact) mass is 234 g/mol. The number of nitrogens with two attached hydrogens (primary N) is 1. The van der Waals surface area contributed by atoms with Crippen LogP contribution in [-0.4, -0.2) is 25.1 Å². The van der Waals surface area contributed by atoms with Crippen molar-refractivity contribution in [3.63, 3.8) is 0 Å². The average Bonchev–Trinajstić information content (AvgIpc) is 2.60. The van der Waals surface area contributed by atoms with Crippen molar-refractivity contribution < 1.29 is 4.74 Å². The number of ether oxygens (including phenoxy) is 1. The SMILES string of the molecule is COc1cccc(N)c1CN1CCCCCC1. The average molecular weight is 234 g/mol. The predicted octanol–water partition coefficient (Wildman–Crippen LogP) is 2.65. The number of hydrogen-bond acceptors (Lipinski definition) is 3. The van der Waals surface area contributed by atoms with Gasteiger partial charge in [0.15, 0.2) is 0 Å². The molecule has 1 aliphatic heterocycles. The highest BCUT2D eigenvalue weighted by Crippen LogP contribution is 2.26. The van der Waals surface area contributed by atoms with Crippen LogP contribution >= 0.6 is 0 Å². The highest BCUT2D eigenvalue weighted by Gasteiger charge is 2.13. The third-order valence-corrected chi connectivity index (χ3v) is 3.47. The van der Waals surface area contributed by atoms with Gasteiger partial charge in [0.1, 0.15) is 5.75 Å². The second-order valence-electron chi connectivity index (χ2n) is 4.72. The summed E-state index contributed by atoms with van der Waals surface area (Å²) < 4.78 is 5.39. The van der Waals surface area contributed by atoms with Gasteiger partial charge >= 0.3 is 0 Å². The van der Waals surface area contributed by atoms with Gasteiger partial charge in [0, 0.05) is 17.8 Å². The van der Waals surface area contributed by atoms with Gasteiger partial charge < -0.3 is 10.5 Å². The Morgan fingerprint density at radius 1 is 1.18 bits per heavy atom. The first kappa shape index (κ1) is 12.2. The normalized spacial score (nSPS) is 17.7. The van der Waals surface area contributed by atoms with E-state index in [1.807, 2.05) is 18.2 Å². The van der Waals surface area contributed by atoms with E-state index in [0.717, 1.165) is 23.5 Å². The maximum atomic E-state index is 6.05. The topological polar surface area (TPSA) is 38.5 Å². The molecule has 1 aliphatic rings. The molecule has 2 N–H and O–H groups in total. The van der Waals surface area contributed by atoms with E-state index in [1.165, 1.54) is 38.8 Å². The van der Waals surface area contributed by atoms with E-state index in [1.54, 1.807) is 7.11 Å². The number of nitrogens with zero attached hydrogens (tertiary/aromatic N) is 1. The summed E-state index contributed by atoms with van der Waals surface area (Å²) in [5.41, 5.74) is 8.02. The van der Waals surface area contributed by atoms with Crippen LogP contribution in [0.4, 0.5) is 5.69 Å². The van der Waals surface area contributed by atoms with E-state index in [9.17, 15) is 0 Å². The molecule has 1 heterocycles. The van der Waals surface area contributed by atoms with Crippen molar-refractivity contribution in [3.05, 3.63) is 23.8 Å². The Bertz CT molecular complexity index is 357. The van der Waals surface area contributed by atoms with Crippen LogP contribution in [0.25, 0.3) is 0 Å². The quantitative estimate of drug-likeness (QED) is 0.817. The molecule has 1 aromatic rings. The summed E-state index contributed by atoms with van der Waals surface area (Å²) in [5, 5.41) is 0. The van der Waals surface area contributed by atoms with E-state index in [-0.39, 0.29) is 0 Å². The van der Waals surface area contributed by atoms with Crippen LogP contribution in [0.5, 0.6) is 5.75 Å². The number of hydrogen-bond donors (Lipinski definition) is 1. The fraction of sp³-hybridized carbons (Fsp3) is 0.571. The summed E-state index contributed by atoms with van der Waals surface area (Å²) in [4.78, 5) is 2.49. The first-order valence-electron chi connectivity index (χ1n) is 6.45. The van der Waals surface area contributed by atoms with Gasteiger partial charge in [0.2, 0.25) is 0 Å². The van der Waals surface area contributed by atoms with E-state index in [0.29, 0.717) is 0 Å². The van der Waals surface area contributed by atoms with Gasteiger partial charge in [0.25, 0.3) is 0 Å². The largest absolute Gasteiger partial charge is 0.496 e. The standard InChI is InChI=1S/C14H22N2O/c1-17-14-8-6-7-13(15)12(14)11-16-9-4-2-3-5-10-16/h6-8H,2-5,9-11,15H2,1H3. The molecule has 0 saturated carbocycles. The molecule has 0 atom stereocenters. The third-order valence-electron chi connectivity index (χ3n) is 3.47. The van der Waals surface area contributed by atoms with Crippen molar-refractivity contribution >= 4 is 5.69 Å². The molecule has 3 nitrogen and oxygen atoms in total. The van der Waals surface area contributed by atoms with Gasteiger partial charge in [0.05, 0.1) is 7.11 Å². The summed E-state index contributed by atoms with van der Waals surface area (Å²) in [5.74, 6) is 0.911. The summed E-state index contributed by atoms with van der Waals surface area (Å²) in [6, 6.07) is 5.89. The van der Waals surface area contributed by atoms with E-state index < -0.39 is 0 Å². The maximum Gasteiger partial charge on any atom is 0.125 e. The predicted molar refractivity (Wildman–Crippen MR) is 71.2 cm³/mol. The Hall–Kier alpha value is -1.22. The van der Waals surface area contributed by atoms with Gasteiger partial charge in [-0.15, -0.1) is 0 Å². The molecule has 0 aromatic heterocycles. The molecule has 1 fully saturated rings. The molecule has 1 aromatic carbocycles. The zero-order valence-electron chi connectivity index (χ0n) is 10.6. The summed E-state index contributed by atoms with van der Waals surface area (Å²) in [7, 11) is 1.71. The van der Waals surface area contributed by atoms with Crippen molar-refractivity contribution in [1.29, 1.82) is 0 Å². The van der Waals surface area contributed by atoms with Crippen molar-refractivity contribution in [1.82, 2.24) is 4.90 Å². The Kier molecular flexibility index (Phi) is 4.26. The molecular weight excluding hydrogens is 212 g/mol. The second kappa shape index (κ2) is 5.92. The van der Waals surface area contributed by atoms with Crippen molar-refractivity contribution in [3.8, 4) is 5.75 Å².